The SMILES string of the molecule is Cc1cc(C(=O)COC(=O)C2(c3ccccc3)CCCC2)c(C)n1C. The highest BCUT2D eigenvalue weighted by Crippen LogP contribution is 2.42. The van der Waals surface area contributed by atoms with Gasteiger partial charge in [-0.2, -0.15) is 0 Å². The van der Waals surface area contributed by atoms with E-state index < -0.39 is 5.41 Å². The Morgan fingerprint density at radius 2 is 1.76 bits per heavy atom. The van der Waals surface area contributed by atoms with Crippen LogP contribution >= 0.6 is 0 Å². The van der Waals surface area contributed by atoms with Crippen molar-refractivity contribution in [2.45, 2.75) is 44.9 Å². The molecule has 1 heterocycles. The van der Waals surface area contributed by atoms with E-state index in [9.17, 15) is 9.59 Å². The highest BCUT2D eigenvalue weighted by molar-refractivity contribution is 5.99. The van der Waals surface area contributed by atoms with E-state index in [0.717, 1.165) is 42.6 Å². The second kappa shape index (κ2) is 6.87. The quantitative estimate of drug-likeness (QED) is 0.613. The summed E-state index contributed by atoms with van der Waals surface area (Å²) in [5.74, 6) is -0.411. The summed E-state index contributed by atoms with van der Waals surface area (Å²) in [6.07, 6.45) is 3.59. The molecule has 0 bridgehead atoms. The summed E-state index contributed by atoms with van der Waals surface area (Å²) in [7, 11) is 1.93. The van der Waals surface area contributed by atoms with Crippen LogP contribution in [0.3, 0.4) is 0 Å². The zero-order chi connectivity index (χ0) is 18.0. The molecule has 4 heteroatoms. The average molecular weight is 339 g/mol. The van der Waals surface area contributed by atoms with E-state index in [2.05, 4.69) is 0 Å². The van der Waals surface area contributed by atoms with Gasteiger partial charge in [-0.05, 0) is 38.3 Å². The number of Topliss-reactive ketones (excluding diaryl/α,β-unsaturated/α-hetero) is 1. The Morgan fingerprint density at radius 1 is 1.12 bits per heavy atom. The molecule has 1 fully saturated rings. The number of aryl methyl sites for hydroxylation is 1. The number of aromatic nitrogens is 1. The molecule has 0 spiro atoms. The smallest absolute Gasteiger partial charge is 0.317 e. The standard InChI is InChI=1S/C21H25NO3/c1-15-13-18(16(2)22(15)3)19(23)14-25-20(24)21(11-7-8-12-21)17-9-5-4-6-10-17/h4-6,9-10,13H,7-8,11-12,14H2,1-3H3. The van der Waals surface area contributed by atoms with Crippen LogP contribution in [0.5, 0.6) is 0 Å². The van der Waals surface area contributed by atoms with Crippen LogP contribution in [0.4, 0.5) is 0 Å². The third kappa shape index (κ3) is 3.13. The van der Waals surface area contributed by atoms with E-state index in [-0.39, 0.29) is 18.4 Å². The van der Waals surface area contributed by atoms with E-state index in [1.165, 1.54) is 0 Å². The van der Waals surface area contributed by atoms with Crippen molar-refractivity contribution in [1.29, 1.82) is 0 Å². The summed E-state index contributed by atoms with van der Waals surface area (Å²) in [5, 5.41) is 0. The molecule has 0 saturated heterocycles. The number of hydrogen-bond acceptors (Lipinski definition) is 3. The molecule has 0 atom stereocenters. The van der Waals surface area contributed by atoms with Crippen molar-refractivity contribution in [3.05, 3.63) is 58.9 Å². The molecule has 1 aliphatic carbocycles. The number of esters is 1. The molecule has 0 unspecified atom stereocenters. The molecule has 0 aliphatic heterocycles. The number of hydrogen-bond donors (Lipinski definition) is 0. The van der Waals surface area contributed by atoms with Crippen LogP contribution < -0.4 is 0 Å². The summed E-state index contributed by atoms with van der Waals surface area (Å²) in [5.41, 5.74) is 2.95. The van der Waals surface area contributed by atoms with Crippen LogP contribution in [-0.2, 0) is 22.0 Å². The average Bonchev–Trinajstić information content (AvgIpc) is 3.22. The van der Waals surface area contributed by atoms with Crippen molar-refractivity contribution in [2.75, 3.05) is 6.61 Å². The second-order valence-corrected chi connectivity index (χ2v) is 7.00. The molecular formula is C21H25NO3. The maximum Gasteiger partial charge on any atom is 0.317 e. The number of carbonyl (C=O) groups is 2. The summed E-state index contributed by atoms with van der Waals surface area (Å²) in [6.45, 7) is 3.67. The van der Waals surface area contributed by atoms with Gasteiger partial charge in [0.15, 0.2) is 6.61 Å². The summed E-state index contributed by atoms with van der Waals surface area (Å²) >= 11 is 0. The molecule has 132 valence electrons. The van der Waals surface area contributed by atoms with Gasteiger partial charge < -0.3 is 9.30 Å². The van der Waals surface area contributed by atoms with Gasteiger partial charge in [0.05, 0.1) is 5.41 Å². The van der Waals surface area contributed by atoms with Gasteiger partial charge in [0.2, 0.25) is 5.78 Å². The van der Waals surface area contributed by atoms with E-state index >= 15 is 0 Å². The van der Waals surface area contributed by atoms with Gasteiger partial charge in [-0.3, -0.25) is 9.59 Å². The molecular weight excluding hydrogens is 314 g/mol. The van der Waals surface area contributed by atoms with Crippen LogP contribution in [0, 0.1) is 13.8 Å². The van der Waals surface area contributed by atoms with Gasteiger partial charge in [-0.1, -0.05) is 43.2 Å². The molecule has 1 aromatic heterocycles. The Morgan fingerprint density at radius 3 is 2.32 bits per heavy atom. The maximum atomic E-state index is 12.9. The highest BCUT2D eigenvalue weighted by atomic mass is 16.5. The fourth-order valence-corrected chi connectivity index (χ4v) is 3.83. The Balaban J connectivity index is 1.74. The van der Waals surface area contributed by atoms with Gasteiger partial charge in [0, 0.05) is 24.0 Å². The lowest BCUT2D eigenvalue weighted by atomic mass is 9.79. The van der Waals surface area contributed by atoms with Crippen molar-refractivity contribution in [3.8, 4) is 0 Å². The third-order valence-electron chi connectivity index (χ3n) is 5.58. The van der Waals surface area contributed by atoms with E-state index in [1.807, 2.05) is 61.9 Å². The molecule has 25 heavy (non-hydrogen) atoms. The lowest BCUT2D eigenvalue weighted by molar-refractivity contribution is -0.149. The van der Waals surface area contributed by atoms with E-state index in [4.69, 9.17) is 4.74 Å². The van der Waals surface area contributed by atoms with Crippen molar-refractivity contribution in [1.82, 2.24) is 4.57 Å². The van der Waals surface area contributed by atoms with Crippen LogP contribution in [-0.4, -0.2) is 22.9 Å². The topological polar surface area (TPSA) is 48.3 Å². The predicted octanol–water partition coefficient (Wildman–Crippen LogP) is 3.88. The van der Waals surface area contributed by atoms with Gasteiger partial charge >= 0.3 is 5.97 Å². The molecule has 1 aliphatic rings. The number of ether oxygens (including phenoxy) is 1. The molecule has 1 saturated carbocycles. The van der Waals surface area contributed by atoms with Crippen LogP contribution in [0.15, 0.2) is 36.4 Å². The number of ketones is 1. The summed E-state index contributed by atoms with van der Waals surface area (Å²) < 4.78 is 7.48. The monoisotopic (exact) mass is 339 g/mol. The van der Waals surface area contributed by atoms with Crippen LogP contribution in [0.1, 0.15) is 53.0 Å². The fourth-order valence-electron chi connectivity index (χ4n) is 3.83. The maximum absolute atomic E-state index is 12.9. The van der Waals surface area contributed by atoms with Gasteiger partial charge in [-0.25, -0.2) is 0 Å². The van der Waals surface area contributed by atoms with Crippen molar-refractivity contribution in [3.63, 3.8) is 0 Å². The van der Waals surface area contributed by atoms with Crippen LogP contribution in [0.25, 0.3) is 0 Å². The van der Waals surface area contributed by atoms with Gasteiger partial charge in [0.1, 0.15) is 0 Å². The normalized spacial score (nSPS) is 16.0. The Labute approximate surface area is 148 Å². The minimum atomic E-state index is -0.594. The molecule has 0 amide bonds. The minimum absolute atomic E-state index is 0.143. The second-order valence-electron chi connectivity index (χ2n) is 7.00. The first-order valence-electron chi connectivity index (χ1n) is 8.84. The highest BCUT2D eigenvalue weighted by Gasteiger charge is 2.44. The predicted molar refractivity (Wildman–Crippen MR) is 96.8 cm³/mol. The molecule has 1 aromatic carbocycles. The summed E-state index contributed by atoms with van der Waals surface area (Å²) in [4.78, 5) is 25.4. The lowest BCUT2D eigenvalue weighted by Gasteiger charge is -2.27. The Bertz CT molecular complexity index is 783. The minimum Gasteiger partial charge on any atom is -0.457 e. The molecule has 2 aromatic rings. The molecule has 0 N–H and O–H groups in total. The first-order chi connectivity index (χ1) is 12.0. The third-order valence-corrected chi connectivity index (χ3v) is 5.58. The van der Waals surface area contributed by atoms with Crippen molar-refractivity contribution >= 4 is 11.8 Å². The van der Waals surface area contributed by atoms with E-state index in [0.29, 0.717) is 5.56 Å². The van der Waals surface area contributed by atoms with E-state index in [1.54, 1.807) is 0 Å². The van der Waals surface area contributed by atoms with Crippen molar-refractivity contribution in [2.24, 2.45) is 7.05 Å². The fraction of sp³-hybridized carbons (Fsp3) is 0.429. The van der Waals surface area contributed by atoms with Crippen molar-refractivity contribution < 1.29 is 14.3 Å². The zero-order valence-corrected chi connectivity index (χ0v) is 15.2. The molecule has 4 nitrogen and oxygen atoms in total. The largest absolute Gasteiger partial charge is 0.457 e. The van der Waals surface area contributed by atoms with Gasteiger partial charge in [-0.15, -0.1) is 0 Å². The number of rotatable bonds is 5. The number of nitrogens with zero attached hydrogens (tertiary/aromatic N) is 1. The first-order valence-corrected chi connectivity index (χ1v) is 8.84. The summed E-state index contributed by atoms with van der Waals surface area (Å²) in [6, 6.07) is 11.7. The molecule has 0 radical (unpaired) electrons. The Kier molecular flexibility index (Phi) is 4.80. The zero-order valence-electron chi connectivity index (χ0n) is 15.2. The first kappa shape index (κ1) is 17.5. The number of carbonyl (C=O) groups excluding carboxylic acids is 2. The lowest BCUT2D eigenvalue weighted by Crippen LogP contribution is -2.35. The van der Waals surface area contributed by atoms with Gasteiger partial charge in [0.25, 0.3) is 0 Å². The van der Waals surface area contributed by atoms with Crippen LogP contribution in [0.2, 0.25) is 0 Å². The number of benzene rings is 1. The Hall–Kier alpha value is -2.36. The molecule has 3 rings (SSSR count).